The smallest absolute Gasteiger partial charge is 0.319 e. The summed E-state index contributed by atoms with van der Waals surface area (Å²) in [6.07, 6.45) is 0.00262. The van der Waals surface area contributed by atoms with E-state index in [1.54, 1.807) is 11.8 Å². The van der Waals surface area contributed by atoms with E-state index in [1.807, 2.05) is 6.92 Å². The number of halogens is 6. The molecule has 0 radical (unpaired) electrons. The van der Waals surface area contributed by atoms with Crippen molar-refractivity contribution < 1.29 is 31.4 Å². The van der Waals surface area contributed by atoms with E-state index in [2.05, 4.69) is 30.0 Å². The van der Waals surface area contributed by atoms with Crippen LogP contribution >= 0.6 is 11.6 Å². The lowest BCUT2D eigenvalue weighted by Gasteiger charge is -2.35. The second kappa shape index (κ2) is 12.0. The van der Waals surface area contributed by atoms with Crippen LogP contribution in [0.1, 0.15) is 56.7 Å². The molecule has 3 N–H and O–H groups in total. The summed E-state index contributed by atoms with van der Waals surface area (Å²) in [4.78, 5) is 21.5. The summed E-state index contributed by atoms with van der Waals surface area (Å²) >= 11 is 6.32. The third-order valence-electron chi connectivity index (χ3n) is 10.1. The largest absolute Gasteiger partial charge is 0.475 e. The number of H-pyrrole nitrogens is 1. The van der Waals surface area contributed by atoms with E-state index in [1.165, 1.54) is 18.3 Å². The number of rotatable bonds is 7. The molecule has 3 aliphatic rings. The summed E-state index contributed by atoms with van der Waals surface area (Å²) in [6, 6.07) is 1.12. The summed E-state index contributed by atoms with van der Waals surface area (Å²) in [5, 5.41) is 6.52. The number of nitrogens with zero attached hydrogens (tertiary/aromatic N) is 7. The van der Waals surface area contributed by atoms with Gasteiger partial charge >= 0.3 is 6.01 Å². The Hall–Kier alpha value is -4.57. The predicted octanol–water partition coefficient (Wildman–Crippen LogP) is 6.72. The van der Waals surface area contributed by atoms with Crippen LogP contribution in [0.25, 0.3) is 33.1 Å². The SMILES string of the molecule is C[C@H](c1cc(F)cnc1N)N1c2nc(OC[C@@]34CCCN3C[C@H](F)C4)nc3c(F)c(-c4c(C(F)F)c(Cl)cc5[nH]ncc45)nc(c23)OC[C@@H]1C. The number of hydrogen-bond donors (Lipinski definition) is 2. The lowest BCUT2D eigenvalue weighted by Crippen LogP contribution is -2.43. The first-order chi connectivity index (χ1) is 24.0. The van der Waals surface area contributed by atoms with E-state index in [0.717, 1.165) is 19.2 Å². The van der Waals surface area contributed by atoms with Crippen molar-refractivity contribution in [3.8, 4) is 23.1 Å². The number of pyridine rings is 2. The van der Waals surface area contributed by atoms with Crippen LogP contribution in [0, 0.1) is 11.6 Å². The summed E-state index contributed by atoms with van der Waals surface area (Å²) in [7, 11) is 0. The topological polar surface area (TPSA) is 131 Å². The Labute approximate surface area is 286 Å². The molecule has 0 bridgehead atoms. The molecule has 2 saturated heterocycles. The van der Waals surface area contributed by atoms with E-state index < -0.39 is 53.1 Å². The normalized spacial score (nSPS) is 22.7. The highest BCUT2D eigenvalue weighted by atomic mass is 35.5. The molecule has 50 heavy (non-hydrogen) atoms. The van der Waals surface area contributed by atoms with Gasteiger partial charge in [-0.15, -0.1) is 0 Å². The molecule has 8 rings (SSSR count). The van der Waals surface area contributed by atoms with Gasteiger partial charge in [0, 0.05) is 35.0 Å². The van der Waals surface area contributed by atoms with Gasteiger partial charge in [-0.25, -0.2) is 31.9 Å². The minimum absolute atomic E-state index is 0.0267. The number of hydrogen-bond acceptors (Lipinski definition) is 10. The van der Waals surface area contributed by atoms with Crippen molar-refractivity contribution in [2.45, 2.75) is 63.3 Å². The van der Waals surface area contributed by atoms with Gasteiger partial charge in [-0.05, 0) is 45.4 Å². The zero-order valence-electron chi connectivity index (χ0n) is 26.9. The van der Waals surface area contributed by atoms with Gasteiger partial charge in [0.15, 0.2) is 5.82 Å². The molecular formula is C33H31ClF5N9O2. The monoisotopic (exact) mass is 715 g/mol. The van der Waals surface area contributed by atoms with Crippen molar-refractivity contribution in [1.82, 2.24) is 35.0 Å². The average molecular weight is 716 g/mol. The molecule has 262 valence electrons. The van der Waals surface area contributed by atoms with Crippen LogP contribution in [0.2, 0.25) is 5.02 Å². The molecule has 0 aliphatic carbocycles. The van der Waals surface area contributed by atoms with Crippen molar-refractivity contribution in [2.24, 2.45) is 0 Å². The number of nitrogens with two attached hydrogens (primary N) is 1. The molecule has 5 aromatic rings. The van der Waals surface area contributed by atoms with Gasteiger partial charge in [0.25, 0.3) is 6.43 Å². The van der Waals surface area contributed by atoms with Crippen LogP contribution in [-0.2, 0) is 0 Å². The Balaban J connectivity index is 1.36. The third-order valence-corrected chi connectivity index (χ3v) is 10.4. The van der Waals surface area contributed by atoms with Crippen LogP contribution in [0.4, 0.5) is 33.6 Å². The predicted molar refractivity (Wildman–Crippen MR) is 175 cm³/mol. The highest BCUT2D eigenvalue weighted by Crippen LogP contribution is 2.47. The van der Waals surface area contributed by atoms with Crippen molar-refractivity contribution in [3.05, 3.63) is 52.3 Å². The van der Waals surface area contributed by atoms with Gasteiger partial charge in [-0.3, -0.25) is 10.00 Å². The van der Waals surface area contributed by atoms with Gasteiger partial charge in [-0.1, -0.05) is 11.6 Å². The molecule has 0 saturated carbocycles. The maximum atomic E-state index is 17.1. The second-order valence-electron chi connectivity index (χ2n) is 13.1. The van der Waals surface area contributed by atoms with Crippen LogP contribution < -0.4 is 20.1 Å². The van der Waals surface area contributed by atoms with Crippen LogP contribution in [0.3, 0.4) is 0 Å². The Morgan fingerprint density at radius 1 is 1.20 bits per heavy atom. The molecule has 17 heteroatoms. The summed E-state index contributed by atoms with van der Waals surface area (Å²) < 4.78 is 87.8. The molecule has 3 aliphatic heterocycles. The molecule has 11 nitrogen and oxygen atoms in total. The fourth-order valence-electron chi connectivity index (χ4n) is 7.82. The number of nitrogens with one attached hydrogen (secondary N) is 1. The standard InChI is InChI=1S/C33H31ClF5N9O2/c1-14-12-49-31-24-27(25(37)26(43-31)22-19-10-42-46-21(19)7-20(34)23(22)28(38)39)44-32(50-13-33-4-3-5-47(33)11-17(36)8-33)45-30(24)48(14)15(2)18-6-16(35)9-41-29(18)40/h6-7,9-10,14-15,17,28H,3-5,8,11-13H2,1-2H3,(H2,40,41)(H,42,46)/t14-,15+,17+,33-/m0/s1. The minimum atomic E-state index is -3.10. The Morgan fingerprint density at radius 3 is 2.82 bits per heavy atom. The highest BCUT2D eigenvalue weighted by Gasteiger charge is 2.49. The number of fused-ring (bicyclic) bond motifs is 2. The summed E-state index contributed by atoms with van der Waals surface area (Å²) in [5.74, 6) is -1.60. The molecule has 4 atom stereocenters. The zero-order valence-corrected chi connectivity index (χ0v) is 27.6. The van der Waals surface area contributed by atoms with Gasteiger partial charge in [0.2, 0.25) is 5.88 Å². The van der Waals surface area contributed by atoms with Gasteiger partial charge in [0.05, 0.1) is 40.6 Å². The minimum Gasteiger partial charge on any atom is -0.475 e. The van der Waals surface area contributed by atoms with Gasteiger partial charge < -0.3 is 20.1 Å². The summed E-state index contributed by atoms with van der Waals surface area (Å²) in [5.41, 5.74) is 4.50. The molecule has 4 aromatic heterocycles. The van der Waals surface area contributed by atoms with Crippen molar-refractivity contribution in [2.75, 3.05) is 36.9 Å². The number of benzene rings is 1. The number of alkyl halides is 3. The summed E-state index contributed by atoms with van der Waals surface area (Å²) in [6.45, 7) is 4.59. The second-order valence-corrected chi connectivity index (χ2v) is 13.6. The Morgan fingerprint density at radius 2 is 2.02 bits per heavy atom. The van der Waals surface area contributed by atoms with E-state index in [0.29, 0.717) is 12.0 Å². The quantitative estimate of drug-likeness (QED) is 0.175. The number of anilines is 2. The fourth-order valence-corrected chi connectivity index (χ4v) is 8.11. The number of aromatic nitrogens is 6. The molecule has 2 fully saturated rings. The van der Waals surface area contributed by atoms with E-state index in [9.17, 15) is 17.6 Å². The van der Waals surface area contributed by atoms with Crippen LogP contribution in [-0.4, -0.2) is 79.1 Å². The lowest BCUT2D eigenvalue weighted by molar-refractivity contribution is 0.107. The van der Waals surface area contributed by atoms with Gasteiger partial charge in [-0.2, -0.15) is 15.1 Å². The molecular weight excluding hydrogens is 685 g/mol. The van der Waals surface area contributed by atoms with Crippen LogP contribution in [0.15, 0.2) is 24.5 Å². The maximum Gasteiger partial charge on any atom is 0.319 e. The van der Waals surface area contributed by atoms with E-state index in [-0.39, 0.29) is 82.1 Å². The molecule has 0 spiro atoms. The first-order valence-electron chi connectivity index (χ1n) is 16.1. The molecule has 7 heterocycles. The third kappa shape index (κ3) is 5.13. The van der Waals surface area contributed by atoms with Gasteiger partial charge in [0.1, 0.15) is 53.4 Å². The van der Waals surface area contributed by atoms with Crippen molar-refractivity contribution >= 4 is 45.0 Å². The highest BCUT2D eigenvalue weighted by molar-refractivity contribution is 6.33. The Bertz CT molecular complexity index is 2150. The lowest BCUT2D eigenvalue weighted by atomic mass is 9.95. The molecule has 1 aromatic carbocycles. The van der Waals surface area contributed by atoms with E-state index >= 15 is 4.39 Å². The number of aromatic amines is 1. The first-order valence-corrected chi connectivity index (χ1v) is 16.5. The van der Waals surface area contributed by atoms with Crippen molar-refractivity contribution in [1.29, 1.82) is 0 Å². The Kier molecular flexibility index (Phi) is 7.86. The van der Waals surface area contributed by atoms with Crippen molar-refractivity contribution in [3.63, 3.8) is 0 Å². The average Bonchev–Trinajstić information content (AvgIpc) is 3.75. The molecule has 0 amide bonds. The van der Waals surface area contributed by atoms with Crippen LogP contribution in [0.5, 0.6) is 11.9 Å². The zero-order chi connectivity index (χ0) is 35.1. The van der Waals surface area contributed by atoms with E-state index in [4.69, 9.17) is 31.8 Å². The maximum absolute atomic E-state index is 17.1. The first kappa shape index (κ1) is 32.6. The molecule has 0 unspecified atom stereocenters. The fraction of sp³-hybridized carbons (Fsp3) is 0.424. The number of ether oxygens (including phenoxy) is 2. The number of nitrogen functional groups attached to an aromatic ring is 1.